The third-order valence-corrected chi connectivity index (χ3v) is 9.54. The normalized spacial score (nSPS) is 22.2. The topological polar surface area (TPSA) is 144 Å². The molecule has 2 aliphatic heterocycles. The minimum absolute atomic E-state index is 0.0396. The van der Waals surface area contributed by atoms with Crippen molar-refractivity contribution in [3.05, 3.63) is 41.8 Å². The maximum atomic E-state index is 13.3. The van der Waals surface area contributed by atoms with Crippen molar-refractivity contribution in [3.8, 4) is 0 Å². The van der Waals surface area contributed by atoms with Gasteiger partial charge in [-0.2, -0.15) is 4.31 Å². The van der Waals surface area contributed by atoms with E-state index in [1.54, 1.807) is 11.4 Å². The predicted octanol–water partition coefficient (Wildman–Crippen LogP) is 0.897. The van der Waals surface area contributed by atoms with Crippen LogP contribution in [0.5, 0.6) is 0 Å². The molecule has 172 valence electrons. The minimum Gasteiger partial charge on any atom is -0.377 e. The Hall–Kier alpha value is -2.16. The Bertz CT molecular complexity index is 1220. The van der Waals surface area contributed by atoms with Gasteiger partial charge < -0.3 is 4.74 Å². The van der Waals surface area contributed by atoms with Crippen molar-refractivity contribution in [3.63, 3.8) is 0 Å². The molecule has 0 bridgehead atoms. The molecule has 1 aromatic heterocycles. The van der Waals surface area contributed by atoms with Gasteiger partial charge in [-0.15, -0.1) is 11.3 Å². The molecule has 32 heavy (non-hydrogen) atoms. The lowest BCUT2D eigenvalue weighted by atomic mass is 10.2. The second-order valence-electron chi connectivity index (χ2n) is 7.47. The van der Waals surface area contributed by atoms with Gasteiger partial charge in [0.1, 0.15) is 10.3 Å². The van der Waals surface area contributed by atoms with Gasteiger partial charge in [-0.1, -0.05) is 6.07 Å². The molecule has 0 saturated carbocycles. The monoisotopic (exact) mass is 499 g/mol. The van der Waals surface area contributed by atoms with E-state index in [9.17, 15) is 26.4 Å². The van der Waals surface area contributed by atoms with Gasteiger partial charge in [0, 0.05) is 13.2 Å². The number of ether oxygens (including phenoxy) is 1. The Labute approximate surface area is 189 Å². The van der Waals surface area contributed by atoms with Crippen LogP contribution in [0.4, 0.5) is 5.69 Å². The van der Waals surface area contributed by atoms with Crippen LogP contribution in [-0.4, -0.2) is 58.3 Å². The highest BCUT2D eigenvalue weighted by Crippen LogP contribution is 2.32. The molecule has 2 atom stereocenters. The Kier molecular flexibility index (Phi) is 6.22. The van der Waals surface area contributed by atoms with E-state index >= 15 is 0 Å². The molecule has 0 spiro atoms. The lowest BCUT2D eigenvalue weighted by molar-refractivity contribution is -0.122. The van der Waals surface area contributed by atoms with E-state index in [-0.39, 0.29) is 33.9 Å². The number of amides is 2. The number of thiophene rings is 1. The van der Waals surface area contributed by atoms with Crippen LogP contribution in [0.15, 0.2) is 50.9 Å². The quantitative estimate of drug-likeness (QED) is 0.557. The molecule has 2 saturated heterocycles. The number of benzene rings is 1. The van der Waals surface area contributed by atoms with Gasteiger partial charge in [0.25, 0.3) is 15.9 Å². The first-order valence-electron chi connectivity index (χ1n) is 9.75. The van der Waals surface area contributed by atoms with E-state index in [0.29, 0.717) is 13.0 Å². The summed E-state index contributed by atoms with van der Waals surface area (Å²) in [6.07, 6.45) is 0.755. The summed E-state index contributed by atoms with van der Waals surface area (Å²) in [6, 6.07) is 6.77. The first kappa shape index (κ1) is 23.0. The van der Waals surface area contributed by atoms with Crippen LogP contribution in [0.1, 0.15) is 19.3 Å². The Balaban J connectivity index is 1.66. The van der Waals surface area contributed by atoms with Gasteiger partial charge in [-0.05, 0) is 48.6 Å². The molecule has 0 aliphatic carbocycles. The number of nitrogens with zero attached hydrogens (tertiary/aromatic N) is 2. The number of rotatable bonds is 7. The summed E-state index contributed by atoms with van der Waals surface area (Å²) in [5.74, 6) is -1.28. The fourth-order valence-electron chi connectivity index (χ4n) is 3.80. The molecule has 2 unspecified atom stereocenters. The van der Waals surface area contributed by atoms with E-state index < -0.39 is 37.9 Å². The van der Waals surface area contributed by atoms with Crippen LogP contribution in [0, 0.1) is 0 Å². The fraction of sp³-hybridized carbons (Fsp3) is 0.368. The first-order valence-corrected chi connectivity index (χ1v) is 13.6. The zero-order valence-corrected chi connectivity index (χ0v) is 19.2. The number of hydrogen-bond donors (Lipinski definition) is 1. The lowest BCUT2D eigenvalue weighted by Crippen LogP contribution is -2.48. The number of carbonyl (C=O) groups excluding carboxylic acids is 2. The number of primary sulfonamides is 1. The summed E-state index contributed by atoms with van der Waals surface area (Å²) in [5.41, 5.74) is 0.139. The van der Waals surface area contributed by atoms with Crippen molar-refractivity contribution >= 4 is 48.9 Å². The van der Waals surface area contributed by atoms with Crippen LogP contribution in [0.3, 0.4) is 0 Å². The summed E-state index contributed by atoms with van der Waals surface area (Å²) in [4.78, 5) is 26.7. The first-order chi connectivity index (χ1) is 15.1. The fourth-order valence-corrected chi connectivity index (χ4v) is 7.05. The molecule has 1 aromatic carbocycles. The van der Waals surface area contributed by atoms with Crippen molar-refractivity contribution in [2.24, 2.45) is 5.14 Å². The molecule has 3 heterocycles. The molecule has 2 aliphatic rings. The third kappa shape index (κ3) is 4.36. The average Bonchev–Trinajstić information content (AvgIpc) is 3.48. The van der Waals surface area contributed by atoms with E-state index in [0.717, 1.165) is 27.0 Å². The summed E-state index contributed by atoms with van der Waals surface area (Å²) in [5, 5.41) is 6.71. The number of sulfonamides is 2. The van der Waals surface area contributed by atoms with Crippen molar-refractivity contribution < 1.29 is 31.2 Å². The maximum Gasteiger partial charge on any atom is 0.253 e. The molecule has 2 aromatic rings. The maximum absolute atomic E-state index is 13.3. The van der Waals surface area contributed by atoms with Crippen molar-refractivity contribution in [2.75, 3.05) is 18.1 Å². The lowest BCUT2D eigenvalue weighted by Gasteiger charge is -2.28. The molecule has 2 fully saturated rings. The second-order valence-corrected chi connectivity index (χ2v) is 12.1. The zero-order chi connectivity index (χ0) is 23.1. The number of carbonyl (C=O) groups is 2. The number of hydrogen-bond acceptors (Lipinski definition) is 8. The number of nitrogens with two attached hydrogens (primary N) is 1. The standard InChI is InChI=1S/C19H21N3O7S3/c20-31(25,26)15-7-5-13(6-8-15)22-17(23)11-16(19(22)24)21(12-14-3-1-9-29-14)32(27,28)18-4-2-10-30-18/h2,4-8,10,14,16H,1,3,9,11-12H2,(H2,20,25,26). The number of anilines is 1. The molecular formula is C19H21N3O7S3. The molecule has 4 rings (SSSR count). The molecule has 0 radical (unpaired) electrons. The van der Waals surface area contributed by atoms with Gasteiger partial charge >= 0.3 is 0 Å². The summed E-state index contributed by atoms with van der Waals surface area (Å²) in [7, 11) is -7.98. The van der Waals surface area contributed by atoms with E-state index in [1.165, 1.54) is 30.3 Å². The van der Waals surface area contributed by atoms with E-state index in [1.807, 2.05) is 0 Å². The van der Waals surface area contributed by atoms with Gasteiger partial charge in [0.05, 0.1) is 23.1 Å². The van der Waals surface area contributed by atoms with Crippen molar-refractivity contribution in [1.82, 2.24) is 4.31 Å². The van der Waals surface area contributed by atoms with Crippen LogP contribution in [0.2, 0.25) is 0 Å². The highest BCUT2D eigenvalue weighted by Gasteiger charge is 2.48. The minimum atomic E-state index is -4.04. The highest BCUT2D eigenvalue weighted by molar-refractivity contribution is 7.91. The molecular weight excluding hydrogens is 478 g/mol. The Morgan fingerprint density at radius 2 is 1.84 bits per heavy atom. The van der Waals surface area contributed by atoms with Crippen molar-refractivity contribution in [2.45, 2.75) is 40.5 Å². The summed E-state index contributed by atoms with van der Waals surface area (Å²) >= 11 is 1.03. The summed E-state index contributed by atoms with van der Waals surface area (Å²) < 4.78 is 56.3. The van der Waals surface area contributed by atoms with Crippen LogP contribution in [-0.2, 0) is 34.4 Å². The zero-order valence-electron chi connectivity index (χ0n) is 16.8. The smallest absolute Gasteiger partial charge is 0.253 e. The average molecular weight is 500 g/mol. The van der Waals surface area contributed by atoms with Gasteiger partial charge in [0.15, 0.2) is 0 Å². The van der Waals surface area contributed by atoms with Gasteiger partial charge in [-0.25, -0.2) is 26.9 Å². The Morgan fingerprint density at radius 3 is 2.41 bits per heavy atom. The van der Waals surface area contributed by atoms with Gasteiger partial charge in [-0.3, -0.25) is 9.59 Å². The van der Waals surface area contributed by atoms with E-state index in [2.05, 4.69) is 0 Å². The molecule has 13 heteroatoms. The van der Waals surface area contributed by atoms with Gasteiger partial charge in [0.2, 0.25) is 15.9 Å². The number of imide groups is 1. The highest BCUT2D eigenvalue weighted by atomic mass is 32.2. The summed E-state index contributed by atoms with van der Waals surface area (Å²) in [6.45, 7) is 0.472. The van der Waals surface area contributed by atoms with Crippen molar-refractivity contribution in [1.29, 1.82) is 0 Å². The Morgan fingerprint density at radius 1 is 1.12 bits per heavy atom. The largest absolute Gasteiger partial charge is 0.377 e. The van der Waals surface area contributed by atoms with E-state index in [4.69, 9.17) is 9.88 Å². The third-order valence-electron chi connectivity index (χ3n) is 5.36. The molecule has 2 N–H and O–H groups in total. The second kappa shape index (κ2) is 8.65. The van der Waals surface area contributed by atoms with Crippen LogP contribution < -0.4 is 10.0 Å². The molecule has 10 nitrogen and oxygen atoms in total. The van der Waals surface area contributed by atoms with Crippen LogP contribution in [0.25, 0.3) is 0 Å². The van der Waals surface area contributed by atoms with Crippen LogP contribution >= 0.6 is 11.3 Å². The molecule has 2 amide bonds. The SMILES string of the molecule is NS(=O)(=O)c1ccc(N2C(=O)CC(N(CC3CCCO3)S(=O)(=O)c3cccs3)C2=O)cc1. The predicted molar refractivity (Wildman–Crippen MR) is 116 cm³/mol.